The molecule has 0 bridgehead atoms. The lowest BCUT2D eigenvalue weighted by Crippen LogP contribution is -2.01. The molecule has 0 saturated heterocycles. The third-order valence-corrected chi connectivity index (χ3v) is 1.88. The molecule has 5 nitrogen and oxygen atoms in total. The molecule has 0 spiro atoms. The topological polar surface area (TPSA) is 72.6 Å². The maximum atomic E-state index is 10.7. The van der Waals surface area contributed by atoms with Gasteiger partial charge in [0.2, 0.25) is 0 Å². The number of nitro groups is 1. The Bertz CT molecular complexity index is 349. The number of aliphatic hydroxyl groups excluding tert-OH is 1. The molecule has 1 N–H and O–H groups in total. The zero-order valence-corrected chi connectivity index (χ0v) is 7.93. The summed E-state index contributed by atoms with van der Waals surface area (Å²) >= 11 is 0. The Morgan fingerprint density at radius 2 is 2.21 bits per heavy atom. The maximum Gasteiger partial charge on any atom is 0.316 e. The number of para-hydroxylation sites is 1. The number of nitrogens with zero attached hydrogens (tertiary/aromatic N) is 1. The molecule has 0 heterocycles. The lowest BCUT2D eigenvalue weighted by molar-refractivity contribution is -0.387. The molecule has 0 fully saturated rings. The van der Waals surface area contributed by atoms with E-state index in [1.807, 2.05) is 0 Å². The van der Waals surface area contributed by atoms with Gasteiger partial charge >= 0.3 is 5.69 Å². The fourth-order valence-corrected chi connectivity index (χ4v) is 1.24. The predicted octanol–water partition coefficient (Wildman–Crippen LogP) is 1.66. The first kappa shape index (κ1) is 10.5. The number of hydrogen-bond acceptors (Lipinski definition) is 4. The van der Waals surface area contributed by atoms with Crippen LogP contribution in [-0.4, -0.2) is 17.1 Å². The molecule has 76 valence electrons. The summed E-state index contributed by atoms with van der Waals surface area (Å²) in [5.41, 5.74) is 0.0827. The lowest BCUT2D eigenvalue weighted by atomic mass is 10.1. The summed E-state index contributed by atoms with van der Waals surface area (Å²) < 4.78 is 4.84. The average Bonchev–Trinajstić information content (AvgIpc) is 2.16. The van der Waals surface area contributed by atoms with E-state index in [0.717, 1.165) is 0 Å². The minimum atomic E-state index is -0.884. The molecule has 0 radical (unpaired) electrons. The van der Waals surface area contributed by atoms with Crippen LogP contribution in [0.2, 0.25) is 0 Å². The molecule has 1 atom stereocenters. The van der Waals surface area contributed by atoms with Crippen molar-refractivity contribution in [2.24, 2.45) is 0 Å². The first-order valence-electron chi connectivity index (χ1n) is 4.07. The molecule has 0 aromatic heterocycles. The molecule has 1 aromatic rings. The molecule has 5 heteroatoms. The SMILES string of the molecule is COc1cccc(C(C)O)c1[N+](=O)[O-]. The Morgan fingerprint density at radius 1 is 1.57 bits per heavy atom. The van der Waals surface area contributed by atoms with Crippen molar-refractivity contribution in [2.75, 3.05) is 7.11 Å². The number of benzene rings is 1. The Balaban J connectivity index is 3.35. The van der Waals surface area contributed by atoms with Crippen LogP contribution in [0.25, 0.3) is 0 Å². The number of nitro benzene ring substituents is 1. The van der Waals surface area contributed by atoms with Crippen molar-refractivity contribution >= 4 is 5.69 Å². The quantitative estimate of drug-likeness (QED) is 0.590. The van der Waals surface area contributed by atoms with Crippen LogP contribution in [0.1, 0.15) is 18.6 Å². The third-order valence-electron chi connectivity index (χ3n) is 1.88. The van der Waals surface area contributed by atoms with Gasteiger partial charge in [0, 0.05) is 0 Å². The fraction of sp³-hybridized carbons (Fsp3) is 0.333. The summed E-state index contributed by atoms with van der Waals surface area (Å²) in [5, 5.41) is 20.0. The maximum absolute atomic E-state index is 10.7. The summed E-state index contributed by atoms with van der Waals surface area (Å²) in [6.45, 7) is 1.47. The Morgan fingerprint density at radius 3 is 2.64 bits per heavy atom. The second-order valence-corrected chi connectivity index (χ2v) is 2.83. The van der Waals surface area contributed by atoms with Gasteiger partial charge in [-0.1, -0.05) is 6.07 Å². The molecule has 14 heavy (non-hydrogen) atoms. The normalized spacial score (nSPS) is 12.2. The lowest BCUT2D eigenvalue weighted by Gasteiger charge is -2.08. The molecule has 1 aromatic carbocycles. The first-order valence-corrected chi connectivity index (χ1v) is 4.07. The third kappa shape index (κ3) is 1.82. The first-order chi connectivity index (χ1) is 6.57. The van der Waals surface area contributed by atoms with Gasteiger partial charge in [0.25, 0.3) is 0 Å². The van der Waals surface area contributed by atoms with Crippen LogP contribution in [-0.2, 0) is 0 Å². The summed E-state index contributed by atoms with van der Waals surface area (Å²) in [5.74, 6) is 0.161. The van der Waals surface area contributed by atoms with Crippen LogP contribution >= 0.6 is 0 Å². The van der Waals surface area contributed by atoms with Gasteiger partial charge in [0.15, 0.2) is 5.75 Å². The molecular weight excluding hydrogens is 186 g/mol. The van der Waals surface area contributed by atoms with Crippen LogP contribution < -0.4 is 4.74 Å². The number of methoxy groups -OCH3 is 1. The summed E-state index contributed by atoms with van der Waals surface area (Å²) in [6.07, 6.45) is -0.884. The van der Waals surface area contributed by atoms with E-state index in [-0.39, 0.29) is 17.0 Å². The van der Waals surface area contributed by atoms with Gasteiger partial charge in [-0.3, -0.25) is 10.1 Å². The van der Waals surface area contributed by atoms with Gasteiger partial charge in [-0.2, -0.15) is 0 Å². The molecule has 0 saturated carbocycles. The second kappa shape index (κ2) is 4.06. The highest BCUT2D eigenvalue weighted by atomic mass is 16.6. The van der Waals surface area contributed by atoms with Gasteiger partial charge in [-0.05, 0) is 19.1 Å². The minimum Gasteiger partial charge on any atom is -0.490 e. The Labute approximate surface area is 81.1 Å². The van der Waals surface area contributed by atoms with Gasteiger partial charge < -0.3 is 9.84 Å². The minimum absolute atomic E-state index is 0.161. The Kier molecular flexibility index (Phi) is 3.03. The van der Waals surface area contributed by atoms with E-state index in [1.165, 1.54) is 26.2 Å². The molecule has 0 aliphatic carbocycles. The number of aliphatic hydroxyl groups is 1. The molecule has 1 rings (SSSR count). The van der Waals surface area contributed by atoms with Gasteiger partial charge in [-0.15, -0.1) is 0 Å². The van der Waals surface area contributed by atoms with Crippen LogP contribution in [0.15, 0.2) is 18.2 Å². The highest BCUT2D eigenvalue weighted by molar-refractivity contribution is 5.53. The van der Waals surface area contributed by atoms with Crippen LogP contribution in [0.3, 0.4) is 0 Å². The number of hydrogen-bond donors (Lipinski definition) is 1. The number of rotatable bonds is 3. The summed E-state index contributed by atoms with van der Waals surface area (Å²) in [6, 6.07) is 4.60. The molecule has 1 unspecified atom stereocenters. The number of ether oxygens (including phenoxy) is 1. The van der Waals surface area contributed by atoms with Crippen LogP contribution in [0.5, 0.6) is 5.75 Å². The summed E-state index contributed by atoms with van der Waals surface area (Å²) in [7, 11) is 1.36. The van der Waals surface area contributed by atoms with Crippen molar-refractivity contribution in [3.63, 3.8) is 0 Å². The monoisotopic (exact) mass is 197 g/mol. The summed E-state index contributed by atoms with van der Waals surface area (Å²) in [4.78, 5) is 10.2. The zero-order chi connectivity index (χ0) is 10.7. The molecule has 0 aliphatic heterocycles. The van der Waals surface area contributed by atoms with Crippen LogP contribution in [0, 0.1) is 10.1 Å². The zero-order valence-electron chi connectivity index (χ0n) is 7.93. The van der Waals surface area contributed by atoms with Crippen molar-refractivity contribution in [1.29, 1.82) is 0 Å². The average molecular weight is 197 g/mol. The van der Waals surface area contributed by atoms with E-state index in [1.54, 1.807) is 6.07 Å². The molecular formula is C9H11NO4. The fourth-order valence-electron chi connectivity index (χ4n) is 1.24. The molecule has 0 amide bonds. The standard InChI is InChI=1S/C9H11NO4/c1-6(11)7-4-3-5-8(14-2)9(7)10(12)13/h3-6,11H,1-2H3. The smallest absolute Gasteiger partial charge is 0.316 e. The van der Waals surface area contributed by atoms with Crippen molar-refractivity contribution < 1.29 is 14.8 Å². The van der Waals surface area contributed by atoms with E-state index in [4.69, 9.17) is 4.74 Å². The van der Waals surface area contributed by atoms with E-state index < -0.39 is 11.0 Å². The van der Waals surface area contributed by atoms with Crippen LogP contribution in [0.4, 0.5) is 5.69 Å². The van der Waals surface area contributed by atoms with Crippen molar-refractivity contribution in [1.82, 2.24) is 0 Å². The van der Waals surface area contributed by atoms with Crippen molar-refractivity contribution in [3.05, 3.63) is 33.9 Å². The van der Waals surface area contributed by atoms with E-state index in [9.17, 15) is 15.2 Å². The Hall–Kier alpha value is -1.62. The molecule has 0 aliphatic rings. The predicted molar refractivity (Wildman–Crippen MR) is 50.3 cm³/mol. The van der Waals surface area contributed by atoms with Gasteiger partial charge in [0.1, 0.15) is 0 Å². The largest absolute Gasteiger partial charge is 0.490 e. The van der Waals surface area contributed by atoms with Crippen molar-refractivity contribution in [3.8, 4) is 5.75 Å². The van der Waals surface area contributed by atoms with Gasteiger partial charge in [-0.25, -0.2) is 0 Å². The van der Waals surface area contributed by atoms with Gasteiger partial charge in [0.05, 0.1) is 23.7 Å². The highest BCUT2D eigenvalue weighted by Gasteiger charge is 2.22. The highest BCUT2D eigenvalue weighted by Crippen LogP contribution is 2.33. The van der Waals surface area contributed by atoms with E-state index in [0.29, 0.717) is 0 Å². The van der Waals surface area contributed by atoms with Crippen molar-refractivity contribution in [2.45, 2.75) is 13.0 Å². The van der Waals surface area contributed by atoms with E-state index >= 15 is 0 Å². The second-order valence-electron chi connectivity index (χ2n) is 2.83. The van der Waals surface area contributed by atoms with E-state index in [2.05, 4.69) is 0 Å².